The van der Waals surface area contributed by atoms with Crippen LogP contribution in [0.2, 0.25) is 0 Å². The number of rotatable bonds is 4. The third-order valence-corrected chi connectivity index (χ3v) is 2.82. The van der Waals surface area contributed by atoms with Gasteiger partial charge in [-0.05, 0) is 26.0 Å². The first kappa shape index (κ1) is 12.4. The molecule has 0 N–H and O–H groups in total. The van der Waals surface area contributed by atoms with E-state index in [0.717, 1.165) is 5.82 Å². The van der Waals surface area contributed by atoms with Crippen molar-refractivity contribution in [3.05, 3.63) is 46.9 Å². The van der Waals surface area contributed by atoms with Gasteiger partial charge in [0.15, 0.2) is 5.75 Å². The highest BCUT2D eigenvalue weighted by Crippen LogP contribution is 2.09. The second-order valence-corrected chi connectivity index (χ2v) is 4.35. The maximum Gasteiger partial charge on any atom is 0.293 e. The minimum Gasteiger partial charge on any atom is -0.491 e. The van der Waals surface area contributed by atoms with E-state index in [1.54, 1.807) is 29.1 Å². The molecule has 0 aliphatic heterocycles. The van der Waals surface area contributed by atoms with Gasteiger partial charge >= 0.3 is 0 Å². The van der Waals surface area contributed by atoms with Crippen LogP contribution in [0.5, 0.6) is 5.75 Å². The lowest BCUT2D eigenvalue weighted by Gasteiger charge is -2.12. The Balaban J connectivity index is 2.35. The van der Waals surface area contributed by atoms with E-state index in [1.165, 1.54) is 7.11 Å². The lowest BCUT2D eigenvalue weighted by molar-refractivity contribution is 0.402. The molecule has 0 amide bonds. The van der Waals surface area contributed by atoms with E-state index in [0.29, 0.717) is 18.3 Å². The first-order chi connectivity index (χ1) is 8.63. The van der Waals surface area contributed by atoms with Crippen LogP contribution in [0.3, 0.4) is 0 Å². The predicted molar refractivity (Wildman–Crippen MR) is 69.0 cm³/mol. The summed E-state index contributed by atoms with van der Waals surface area (Å²) in [4.78, 5) is 16.3. The van der Waals surface area contributed by atoms with Crippen molar-refractivity contribution in [1.82, 2.24) is 14.1 Å². The molecule has 0 fully saturated rings. The van der Waals surface area contributed by atoms with Gasteiger partial charge in [-0.15, -0.1) is 0 Å². The van der Waals surface area contributed by atoms with Crippen LogP contribution in [0.1, 0.15) is 25.7 Å². The monoisotopic (exact) mass is 247 g/mol. The predicted octanol–water partition coefficient (Wildman–Crippen LogP) is 1.68. The van der Waals surface area contributed by atoms with Crippen molar-refractivity contribution in [2.45, 2.75) is 26.4 Å². The largest absolute Gasteiger partial charge is 0.491 e. The third kappa shape index (κ3) is 2.30. The second-order valence-electron chi connectivity index (χ2n) is 4.35. The minimum absolute atomic E-state index is 0.140. The summed E-state index contributed by atoms with van der Waals surface area (Å²) in [5, 5.41) is 0. The molecule has 2 aromatic heterocycles. The summed E-state index contributed by atoms with van der Waals surface area (Å²) in [6.45, 7) is 4.61. The summed E-state index contributed by atoms with van der Waals surface area (Å²) >= 11 is 0. The zero-order valence-corrected chi connectivity index (χ0v) is 10.8. The fraction of sp³-hybridized carbons (Fsp3) is 0.385. The number of imidazole rings is 1. The Labute approximate surface area is 106 Å². The van der Waals surface area contributed by atoms with Gasteiger partial charge in [0.2, 0.25) is 0 Å². The smallest absolute Gasteiger partial charge is 0.293 e. The van der Waals surface area contributed by atoms with E-state index in [-0.39, 0.29) is 5.56 Å². The van der Waals surface area contributed by atoms with Crippen LogP contribution in [0.4, 0.5) is 0 Å². The maximum atomic E-state index is 12.0. The molecule has 2 aromatic rings. The lowest BCUT2D eigenvalue weighted by atomic mass is 10.3. The van der Waals surface area contributed by atoms with Crippen LogP contribution in [0.25, 0.3) is 0 Å². The molecular formula is C13H17N3O2. The van der Waals surface area contributed by atoms with Crippen LogP contribution in [0.15, 0.2) is 35.5 Å². The molecule has 0 aliphatic rings. The Morgan fingerprint density at radius 3 is 2.83 bits per heavy atom. The molecule has 2 heterocycles. The van der Waals surface area contributed by atoms with Gasteiger partial charge in [-0.25, -0.2) is 4.98 Å². The van der Waals surface area contributed by atoms with E-state index in [1.807, 2.05) is 10.8 Å². The Hall–Kier alpha value is -2.04. The van der Waals surface area contributed by atoms with Crippen molar-refractivity contribution in [3.8, 4) is 5.75 Å². The van der Waals surface area contributed by atoms with Crippen molar-refractivity contribution in [2.75, 3.05) is 7.11 Å². The molecule has 0 aromatic carbocycles. The SMILES string of the molecule is COc1cccn(Cc2nccn2C(C)C)c1=O. The van der Waals surface area contributed by atoms with Crippen molar-refractivity contribution < 1.29 is 4.74 Å². The van der Waals surface area contributed by atoms with Gasteiger partial charge < -0.3 is 13.9 Å². The molecule has 96 valence electrons. The van der Waals surface area contributed by atoms with Crippen LogP contribution in [-0.2, 0) is 6.54 Å². The molecule has 0 saturated carbocycles. The molecule has 5 nitrogen and oxygen atoms in total. The molecule has 18 heavy (non-hydrogen) atoms. The summed E-state index contributed by atoms with van der Waals surface area (Å²) in [7, 11) is 1.50. The highest BCUT2D eigenvalue weighted by atomic mass is 16.5. The van der Waals surface area contributed by atoms with Gasteiger partial charge in [0, 0.05) is 24.6 Å². The molecule has 0 atom stereocenters. The fourth-order valence-corrected chi connectivity index (χ4v) is 1.88. The van der Waals surface area contributed by atoms with Gasteiger partial charge in [0.05, 0.1) is 13.7 Å². The van der Waals surface area contributed by atoms with Crippen LogP contribution in [-0.4, -0.2) is 21.2 Å². The third-order valence-electron chi connectivity index (χ3n) is 2.82. The molecule has 0 aliphatic carbocycles. The highest BCUT2D eigenvalue weighted by Gasteiger charge is 2.09. The molecule has 2 rings (SSSR count). The first-order valence-electron chi connectivity index (χ1n) is 5.88. The molecule has 5 heteroatoms. The first-order valence-corrected chi connectivity index (χ1v) is 5.88. The Kier molecular flexibility index (Phi) is 3.50. The zero-order valence-electron chi connectivity index (χ0n) is 10.8. The van der Waals surface area contributed by atoms with Crippen LogP contribution in [0, 0.1) is 0 Å². The summed E-state index contributed by atoms with van der Waals surface area (Å²) in [5.41, 5.74) is -0.140. The summed E-state index contributed by atoms with van der Waals surface area (Å²) < 4.78 is 8.67. The quantitative estimate of drug-likeness (QED) is 0.826. The molecule has 0 bridgehead atoms. The number of hydrogen-bond acceptors (Lipinski definition) is 3. The molecule has 0 radical (unpaired) electrons. The Morgan fingerprint density at radius 1 is 1.39 bits per heavy atom. The Morgan fingerprint density at radius 2 is 2.17 bits per heavy atom. The van der Waals surface area contributed by atoms with Crippen molar-refractivity contribution in [1.29, 1.82) is 0 Å². The summed E-state index contributed by atoms with van der Waals surface area (Å²) in [6.07, 6.45) is 5.41. The summed E-state index contributed by atoms with van der Waals surface area (Å²) in [5.74, 6) is 1.21. The standard InChI is InChI=1S/C13H17N3O2/c1-10(2)16-8-6-14-12(16)9-15-7-4-5-11(18-3)13(15)17/h4-8,10H,9H2,1-3H3. The number of hydrogen-bond donors (Lipinski definition) is 0. The number of aromatic nitrogens is 3. The van der Waals surface area contributed by atoms with Crippen LogP contribution >= 0.6 is 0 Å². The van der Waals surface area contributed by atoms with Gasteiger partial charge in [0.25, 0.3) is 5.56 Å². The lowest BCUT2D eigenvalue weighted by Crippen LogP contribution is -2.23. The number of methoxy groups -OCH3 is 1. The van der Waals surface area contributed by atoms with Gasteiger partial charge in [-0.2, -0.15) is 0 Å². The summed E-state index contributed by atoms with van der Waals surface area (Å²) in [6, 6.07) is 3.78. The average molecular weight is 247 g/mol. The normalized spacial score (nSPS) is 10.9. The van der Waals surface area contributed by atoms with Crippen molar-refractivity contribution >= 4 is 0 Å². The fourth-order valence-electron chi connectivity index (χ4n) is 1.88. The van der Waals surface area contributed by atoms with Gasteiger partial charge in [0.1, 0.15) is 5.82 Å². The second kappa shape index (κ2) is 5.08. The zero-order chi connectivity index (χ0) is 13.1. The minimum atomic E-state index is -0.140. The van der Waals surface area contributed by atoms with Gasteiger partial charge in [-0.3, -0.25) is 4.79 Å². The maximum absolute atomic E-state index is 12.0. The highest BCUT2D eigenvalue weighted by molar-refractivity contribution is 5.17. The molecule has 0 saturated heterocycles. The van der Waals surface area contributed by atoms with Crippen molar-refractivity contribution in [3.63, 3.8) is 0 Å². The Bertz CT molecular complexity index is 584. The van der Waals surface area contributed by atoms with E-state index in [9.17, 15) is 4.79 Å². The molecule has 0 unspecified atom stereocenters. The topological polar surface area (TPSA) is 49.0 Å². The van der Waals surface area contributed by atoms with E-state index in [2.05, 4.69) is 18.8 Å². The van der Waals surface area contributed by atoms with Crippen LogP contribution < -0.4 is 10.3 Å². The molecular weight excluding hydrogens is 230 g/mol. The average Bonchev–Trinajstić information content (AvgIpc) is 2.80. The molecule has 0 spiro atoms. The number of nitrogens with zero attached hydrogens (tertiary/aromatic N) is 3. The number of ether oxygens (including phenoxy) is 1. The van der Waals surface area contributed by atoms with Crippen molar-refractivity contribution in [2.24, 2.45) is 0 Å². The van der Waals surface area contributed by atoms with E-state index in [4.69, 9.17) is 4.74 Å². The van der Waals surface area contributed by atoms with E-state index >= 15 is 0 Å². The van der Waals surface area contributed by atoms with Gasteiger partial charge in [-0.1, -0.05) is 0 Å². The van der Waals surface area contributed by atoms with E-state index < -0.39 is 0 Å². The number of pyridine rings is 1.